The van der Waals surface area contributed by atoms with Crippen molar-refractivity contribution in [2.45, 2.75) is 59.2 Å². The van der Waals surface area contributed by atoms with Crippen molar-refractivity contribution in [2.75, 3.05) is 26.2 Å². The molecule has 0 aromatic carbocycles. The van der Waals surface area contributed by atoms with Crippen molar-refractivity contribution < 1.29 is 4.79 Å². The third-order valence-electron chi connectivity index (χ3n) is 5.24. The lowest BCUT2D eigenvalue weighted by Gasteiger charge is -2.32. The number of aryl methyl sites for hydroxylation is 1. The van der Waals surface area contributed by atoms with Crippen LogP contribution in [0.25, 0.3) is 0 Å². The van der Waals surface area contributed by atoms with E-state index in [4.69, 9.17) is 0 Å². The average Bonchev–Trinajstić information content (AvgIpc) is 2.96. The van der Waals surface area contributed by atoms with E-state index in [1.807, 2.05) is 19.4 Å². The number of likely N-dealkylation sites (tertiary alicyclic amines) is 1. The number of carbonyl (C=O) groups is 1. The largest absolute Gasteiger partial charge is 0.355 e. The quantitative estimate of drug-likeness (QED) is 0.778. The molecular formula is C19H35N5O. The highest BCUT2D eigenvalue weighted by molar-refractivity contribution is 5.78. The Morgan fingerprint density at radius 3 is 2.44 bits per heavy atom. The Balaban J connectivity index is 1.69. The molecule has 0 spiro atoms. The maximum atomic E-state index is 12.4. The van der Waals surface area contributed by atoms with Crippen molar-refractivity contribution >= 4 is 5.91 Å². The summed E-state index contributed by atoms with van der Waals surface area (Å²) in [6.45, 7) is 13.3. The van der Waals surface area contributed by atoms with Crippen molar-refractivity contribution in [1.29, 1.82) is 0 Å². The second kappa shape index (κ2) is 9.34. The van der Waals surface area contributed by atoms with Gasteiger partial charge in [-0.15, -0.1) is 0 Å². The molecule has 2 heterocycles. The van der Waals surface area contributed by atoms with Gasteiger partial charge in [0, 0.05) is 50.5 Å². The summed E-state index contributed by atoms with van der Waals surface area (Å²) >= 11 is 0. The summed E-state index contributed by atoms with van der Waals surface area (Å²) in [5.74, 6) is 1.47. The second-order valence-electron chi connectivity index (χ2n) is 7.72. The highest BCUT2D eigenvalue weighted by Crippen LogP contribution is 2.18. The molecule has 0 bridgehead atoms. The van der Waals surface area contributed by atoms with Gasteiger partial charge in [0.1, 0.15) is 5.82 Å². The number of nitrogens with one attached hydrogen (secondary N) is 1. The number of carbonyl (C=O) groups excluding carboxylic acids is 1. The van der Waals surface area contributed by atoms with Crippen LogP contribution >= 0.6 is 0 Å². The Labute approximate surface area is 152 Å². The van der Waals surface area contributed by atoms with E-state index in [-0.39, 0.29) is 11.8 Å². The average molecular weight is 350 g/mol. The van der Waals surface area contributed by atoms with Gasteiger partial charge in [0.05, 0.1) is 6.54 Å². The van der Waals surface area contributed by atoms with Gasteiger partial charge in [0.15, 0.2) is 0 Å². The van der Waals surface area contributed by atoms with Crippen LogP contribution in [0.1, 0.15) is 46.4 Å². The van der Waals surface area contributed by atoms with Gasteiger partial charge < -0.3 is 9.88 Å². The van der Waals surface area contributed by atoms with Gasteiger partial charge in [0.2, 0.25) is 5.91 Å². The van der Waals surface area contributed by atoms with Crippen LogP contribution in [0.3, 0.4) is 0 Å². The Morgan fingerprint density at radius 1 is 1.28 bits per heavy atom. The topological polar surface area (TPSA) is 53.4 Å². The summed E-state index contributed by atoms with van der Waals surface area (Å²) in [5, 5.41) is 3.15. The Bertz CT molecular complexity index is 524. The summed E-state index contributed by atoms with van der Waals surface area (Å²) < 4.78 is 2.06. The maximum Gasteiger partial charge on any atom is 0.223 e. The molecule has 1 saturated heterocycles. The minimum absolute atomic E-state index is 0.157. The number of rotatable bonds is 8. The fourth-order valence-corrected chi connectivity index (χ4v) is 3.67. The molecule has 1 aliphatic rings. The minimum Gasteiger partial charge on any atom is -0.355 e. The smallest absolute Gasteiger partial charge is 0.223 e. The van der Waals surface area contributed by atoms with Crippen molar-refractivity contribution in [3.8, 4) is 0 Å². The summed E-state index contributed by atoms with van der Waals surface area (Å²) in [5.41, 5.74) is 0. The SMILES string of the molecule is CC(C)N(CCNC(=O)C1CCN(Cc2nccn2C)CC1)C(C)C. The molecule has 1 aliphatic heterocycles. The first-order valence-corrected chi connectivity index (χ1v) is 9.60. The third-order valence-corrected chi connectivity index (χ3v) is 5.24. The molecule has 6 heteroatoms. The van der Waals surface area contributed by atoms with E-state index >= 15 is 0 Å². The monoisotopic (exact) mass is 349 g/mol. The number of amides is 1. The van der Waals surface area contributed by atoms with Crippen LogP contribution in [0.15, 0.2) is 12.4 Å². The highest BCUT2D eigenvalue weighted by Gasteiger charge is 2.25. The molecular weight excluding hydrogens is 314 g/mol. The zero-order chi connectivity index (χ0) is 18.4. The molecule has 1 N–H and O–H groups in total. The molecule has 1 aromatic rings. The van der Waals surface area contributed by atoms with Crippen molar-refractivity contribution in [2.24, 2.45) is 13.0 Å². The van der Waals surface area contributed by atoms with E-state index in [0.29, 0.717) is 12.1 Å². The van der Waals surface area contributed by atoms with Crippen LogP contribution in [0.5, 0.6) is 0 Å². The van der Waals surface area contributed by atoms with Crippen LogP contribution in [0, 0.1) is 5.92 Å². The van der Waals surface area contributed by atoms with Gasteiger partial charge in [-0.2, -0.15) is 0 Å². The second-order valence-corrected chi connectivity index (χ2v) is 7.72. The molecule has 1 fully saturated rings. The third kappa shape index (κ3) is 5.82. The van der Waals surface area contributed by atoms with Crippen molar-refractivity contribution in [3.05, 3.63) is 18.2 Å². The Hall–Kier alpha value is -1.40. The number of nitrogens with zero attached hydrogens (tertiary/aromatic N) is 4. The lowest BCUT2D eigenvalue weighted by molar-refractivity contribution is -0.126. The Morgan fingerprint density at radius 2 is 1.92 bits per heavy atom. The maximum absolute atomic E-state index is 12.4. The molecule has 0 radical (unpaired) electrons. The van der Waals surface area contributed by atoms with E-state index < -0.39 is 0 Å². The van der Waals surface area contributed by atoms with Crippen LogP contribution in [0.4, 0.5) is 0 Å². The van der Waals surface area contributed by atoms with Crippen molar-refractivity contribution in [1.82, 2.24) is 24.7 Å². The van der Waals surface area contributed by atoms with Gasteiger partial charge in [-0.3, -0.25) is 14.6 Å². The first-order valence-electron chi connectivity index (χ1n) is 9.60. The summed E-state index contributed by atoms with van der Waals surface area (Å²) in [4.78, 5) is 21.6. The number of piperidine rings is 1. The molecule has 142 valence electrons. The fourth-order valence-electron chi connectivity index (χ4n) is 3.67. The first-order chi connectivity index (χ1) is 11.9. The van der Waals surface area contributed by atoms with E-state index in [0.717, 1.165) is 51.4 Å². The number of hydrogen-bond acceptors (Lipinski definition) is 4. The number of imidazole rings is 1. The summed E-state index contributed by atoms with van der Waals surface area (Å²) in [6, 6.07) is 1.01. The molecule has 25 heavy (non-hydrogen) atoms. The van der Waals surface area contributed by atoms with Crippen LogP contribution in [-0.2, 0) is 18.4 Å². The van der Waals surface area contributed by atoms with Gasteiger partial charge in [0.25, 0.3) is 0 Å². The molecule has 2 rings (SSSR count). The fraction of sp³-hybridized carbons (Fsp3) is 0.789. The van der Waals surface area contributed by atoms with Crippen LogP contribution < -0.4 is 5.32 Å². The number of hydrogen-bond donors (Lipinski definition) is 1. The zero-order valence-corrected chi connectivity index (χ0v) is 16.5. The molecule has 6 nitrogen and oxygen atoms in total. The van der Waals surface area contributed by atoms with E-state index in [2.05, 4.69) is 52.4 Å². The predicted molar refractivity (Wildman–Crippen MR) is 101 cm³/mol. The predicted octanol–water partition coefficient (Wildman–Crippen LogP) is 1.87. The van der Waals surface area contributed by atoms with Gasteiger partial charge in [-0.05, 0) is 53.6 Å². The molecule has 0 aliphatic carbocycles. The summed E-state index contributed by atoms with van der Waals surface area (Å²) in [6.07, 6.45) is 5.70. The molecule has 1 aromatic heterocycles. The molecule has 0 atom stereocenters. The van der Waals surface area contributed by atoms with Gasteiger partial charge in [-0.25, -0.2) is 4.98 Å². The van der Waals surface area contributed by atoms with E-state index in [1.165, 1.54) is 0 Å². The standard InChI is InChI=1S/C19H35N5O/c1-15(2)24(16(3)4)13-9-21-19(25)17-6-10-23(11-7-17)14-18-20-8-12-22(18)5/h8,12,15-17H,6-7,9-11,13-14H2,1-5H3,(H,21,25). The lowest BCUT2D eigenvalue weighted by Crippen LogP contribution is -2.45. The number of aromatic nitrogens is 2. The normalized spacial score (nSPS) is 17.0. The first kappa shape index (κ1) is 19.9. The van der Waals surface area contributed by atoms with Crippen LogP contribution in [-0.4, -0.2) is 63.5 Å². The van der Waals surface area contributed by atoms with E-state index in [9.17, 15) is 4.79 Å². The van der Waals surface area contributed by atoms with Crippen LogP contribution in [0.2, 0.25) is 0 Å². The Kier molecular flexibility index (Phi) is 7.44. The van der Waals surface area contributed by atoms with Gasteiger partial charge >= 0.3 is 0 Å². The summed E-state index contributed by atoms with van der Waals surface area (Å²) in [7, 11) is 2.03. The molecule has 0 saturated carbocycles. The zero-order valence-electron chi connectivity index (χ0n) is 16.5. The lowest BCUT2D eigenvalue weighted by atomic mass is 9.96. The molecule has 1 amide bonds. The minimum atomic E-state index is 0.157. The van der Waals surface area contributed by atoms with E-state index in [1.54, 1.807) is 0 Å². The highest BCUT2D eigenvalue weighted by atomic mass is 16.1. The van der Waals surface area contributed by atoms with Gasteiger partial charge in [-0.1, -0.05) is 0 Å². The molecule has 0 unspecified atom stereocenters. The van der Waals surface area contributed by atoms with Crippen molar-refractivity contribution in [3.63, 3.8) is 0 Å².